The van der Waals surface area contributed by atoms with Crippen LogP contribution in [0.25, 0.3) is 32.8 Å². The smallest absolute Gasteiger partial charge is 0.254 e. The molecule has 1 atom stereocenters. The van der Waals surface area contributed by atoms with Crippen molar-refractivity contribution < 1.29 is 9.53 Å². The van der Waals surface area contributed by atoms with E-state index < -0.39 is 0 Å². The summed E-state index contributed by atoms with van der Waals surface area (Å²) in [5.74, 6) is 1.48. The van der Waals surface area contributed by atoms with E-state index in [0.29, 0.717) is 23.3 Å². The van der Waals surface area contributed by atoms with Crippen LogP contribution in [0.3, 0.4) is 0 Å². The lowest BCUT2D eigenvalue weighted by molar-refractivity contribution is 0.0726. The van der Waals surface area contributed by atoms with Crippen LogP contribution in [0, 0.1) is 0 Å². The van der Waals surface area contributed by atoms with Gasteiger partial charge in [0.25, 0.3) is 5.91 Å². The third kappa shape index (κ3) is 3.15. The molecule has 3 heterocycles. The molecule has 3 aromatic carbocycles. The number of nitrogens with zero attached hydrogens (tertiary/aromatic N) is 3. The third-order valence-corrected chi connectivity index (χ3v) is 7.08. The highest BCUT2D eigenvalue weighted by Gasteiger charge is 2.30. The monoisotopic (exact) mass is 453 g/mol. The van der Waals surface area contributed by atoms with Crippen LogP contribution in [0.4, 0.5) is 11.8 Å². The molecule has 1 aromatic heterocycles. The second-order valence-electron chi connectivity index (χ2n) is 9.30. The maximum Gasteiger partial charge on any atom is 0.254 e. The molecule has 1 unspecified atom stereocenters. The molecule has 172 valence electrons. The maximum absolute atomic E-state index is 13.4. The Labute approximate surface area is 197 Å². The number of piperidine rings is 1. The summed E-state index contributed by atoms with van der Waals surface area (Å²) in [5.41, 5.74) is 16.7. The zero-order valence-electron chi connectivity index (χ0n) is 19.2. The molecule has 2 aliphatic heterocycles. The first-order chi connectivity index (χ1) is 16.5. The van der Waals surface area contributed by atoms with E-state index in [1.165, 1.54) is 6.42 Å². The molecule has 4 N–H and O–H groups in total. The van der Waals surface area contributed by atoms with Gasteiger partial charge < -0.3 is 21.1 Å². The number of hydrogen-bond donors (Lipinski definition) is 2. The number of rotatable bonds is 2. The minimum Gasteiger partial charge on any atom is -0.492 e. The van der Waals surface area contributed by atoms with Crippen molar-refractivity contribution in [3.05, 3.63) is 53.6 Å². The summed E-state index contributed by atoms with van der Waals surface area (Å²) in [6, 6.07) is 14.2. The molecule has 1 saturated heterocycles. The minimum absolute atomic E-state index is 0.108. The van der Waals surface area contributed by atoms with Gasteiger partial charge in [-0.1, -0.05) is 37.3 Å². The third-order valence-electron chi connectivity index (χ3n) is 7.08. The highest BCUT2D eigenvalue weighted by molar-refractivity contribution is 6.12. The van der Waals surface area contributed by atoms with Gasteiger partial charge in [-0.15, -0.1) is 0 Å². The van der Waals surface area contributed by atoms with Gasteiger partial charge in [0.2, 0.25) is 5.95 Å². The van der Waals surface area contributed by atoms with E-state index in [-0.39, 0.29) is 17.8 Å². The van der Waals surface area contributed by atoms with Crippen LogP contribution < -0.4 is 16.2 Å². The van der Waals surface area contributed by atoms with Crippen LogP contribution in [0.1, 0.15) is 48.0 Å². The number of anilines is 2. The number of carbonyl (C=O) groups excluding carboxylic acids is 1. The fourth-order valence-electron chi connectivity index (χ4n) is 5.46. The van der Waals surface area contributed by atoms with Crippen molar-refractivity contribution in [2.45, 2.75) is 32.1 Å². The second-order valence-corrected chi connectivity index (χ2v) is 9.30. The number of carbonyl (C=O) groups is 1. The fraction of sp³-hybridized carbons (Fsp3) is 0.296. The molecule has 7 nitrogen and oxygen atoms in total. The average Bonchev–Trinajstić information content (AvgIpc) is 3.24. The van der Waals surface area contributed by atoms with Crippen LogP contribution >= 0.6 is 0 Å². The van der Waals surface area contributed by atoms with Crippen molar-refractivity contribution in [1.29, 1.82) is 0 Å². The van der Waals surface area contributed by atoms with Gasteiger partial charge in [-0.05, 0) is 53.3 Å². The molecule has 0 saturated carbocycles. The Morgan fingerprint density at radius 3 is 2.56 bits per heavy atom. The molecule has 2 aliphatic rings. The van der Waals surface area contributed by atoms with Gasteiger partial charge >= 0.3 is 0 Å². The van der Waals surface area contributed by atoms with Crippen molar-refractivity contribution in [3.8, 4) is 16.9 Å². The summed E-state index contributed by atoms with van der Waals surface area (Å²) in [6.07, 6.45) is 3.32. The van der Waals surface area contributed by atoms with E-state index in [4.69, 9.17) is 16.2 Å². The van der Waals surface area contributed by atoms with Crippen molar-refractivity contribution >= 4 is 39.3 Å². The number of hydrogen-bond acceptors (Lipinski definition) is 6. The molecule has 7 heteroatoms. The Balaban J connectivity index is 1.59. The Bertz CT molecular complexity index is 1460. The Hall–Kier alpha value is -3.87. The largest absolute Gasteiger partial charge is 0.492 e. The average molecular weight is 454 g/mol. The van der Waals surface area contributed by atoms with E-state index in [2.05, 4.69) is 29.0 Å². The second kappa shape index (κ2) is 7.87. The highest BCUT2D eigenvalue weighted by atomic mass is 16.5. The summed E-state index contributed by atoms with van der Waals surface area (Å²) in [5, 5.41) is 2.69. The zero-order valence-corrected chi connectivity index (χ0v) is 19.2. The zero-order chi connectivity index (χ0) is 23.4. The molecule has 34 heavy (non-hydrogen) atoms. The standard InChI is InChI=1S/C27H27N5O2/c1-15-14-34-24-22(15)20(13-21-23(24)25(28)31-27(29)30-21)18-9-10-19(17-8-4-3-7-16(17)18)26(33)32-11-5-2-6-12-32/h3-4,7-10,13,15H,2,5-6,11-12,14H2,1H3,(H4,28,29,30,31). The Kier molecular flexibility index (Phi) is 4.79. The first-order valence-electron chi connectivity index (χ1n) is 11.9. The molecule has 0 bridgehead atoms. The molecule has 0 spiro atoms. The molecule has 6 rings (SSSR count). The fourth-order valence-corrected chi connectivity index (χ4v) is 5.46. The topological polar surface area (TPSA) is 107 Å². The highest BCUT2D eigenvalue weighted by Crippen LogP contribution is 2.48. The predicted molar refractivity (Wildman–Crippen MR) is 135 cm³/mol. The van der Waals surface area contributed by atoms with Crippen molar-refractivity contribution in [3.63, 3.8) is 0 Å². The van der Waals surface area contributed by atoms with Crippen LogP contribution in [-0.4, -0.2) is 40.5 Å². The van der Waals surface area contributed by atoms with Gasteiger partial charge in [0.1, 0.15) is 11.6 Å². The number of ether oxygens (including phenoxy) is 1. The van der Waals surface area contributed by atoms with Crippen LogP contribution in [-0.2, 0) is 0 Å². The molecule has 4 aromatic rings. The molecule has 1 fully saturated rings. The van der Waals surface area contributed by atoms with Crippen molar-refractivity contribution in [2.24, 2.45) is 0 Å². The number of amides is 1. The molecule has 1 amide bonds. The van der Waals surface area contributed by atoms with Gasteiger partial charge in [0.15, 0.2) is 0 Å². The Morgan fingerprint density at radius 1 is 1.00 bits per heavy atom. The quantitative estimate of drug-likeness (QED) is 0.454. The van der Waals surface area contributed by atoms with Gasteiger partial charge in [-0.3, -0.25) is 4.79 Å². The number of fused-ring (bicyclic) bond motifs is 4. The van der Waals surface area contributed by atoms with E-state index in [1.807, 2.05) is 35.2 Å². The molecular formula is C27H27N5O2. The lowest BCUT2D eigenvalue weighted by Gasteiger charge is -2.27. The first kappa shape index (κ1) is 20.7. The lowest BCUT2D eigenvalue weighted by Crippen LogP contribution is -2.35. The van der Waals surface area contributed by atoms with E-state index >= 15 is 0 Å². The SMILES string of the molecule is CC1COc2c1c(-c1ccc(C(=O)N3CCCCC3)c3ccccc13)cc1nc(N)nc(N)c21. The van der Waals surface area contributed by atoms with Crippen molar-refractivity contribution in [1.82, 2.24) is 14.9 Å². The maximum atomic E-state index is 13.4. The van der Waals surface area contributed by atoms with Crippen molar-refractivity contribution in [2.75, 3.05) is 31.2 Å². The number of nitrogen functional groups attached to an aromatic ring is 2. The normalized spacial score (nSPS) is 17.7. The van der Waals surface area contributed by atoms with Gasteiger partial charge in [0, 0.05) is 30.1 Å². The summed E-state index contributed by atoms with van der Waals surface area (Å²) in [7, 11) is 0. The molecule has 0 radical (unpaired) electrons. The molecular weight excluding hydrogens is 426 g/mol. The summed E-state index contributed by atoms with van der Waals surface area (Å²) in [6.45, 7) is 4.36. The van der Waals surface area contributed by atoms with Gasteiger partial charge in [0.05, 0.1) is 17.5 Å². The van der Waals surface area contributed by atoms with E-state index in [0.717, 1.165) is 64.7 Å². The first-order valence-corrected chi connectivity index (χ1v) is 11.9. The lowest BCUT2D eigenvalue weighted by atomic mass is 9.87. The summed E-state index contributed by atoms with van der Waals surface area (Å²) >= 11 is 0. The van der Waals surface area contributed by atoms with E-state index in [9.17, 15) is 4.79 Å². The van der Waals surface area contributed by atoms with Gasteiger partial charge in [-0.2, -0.15) is 4.98 Å². The minimum atomic E-state index is 0.108. The Morgan fingerprint density at radius 2 is 1.76 bits per heavy atom. The summed E-state index contributed by atoms with van der Waals surface area (Å²) in [4.78, 5) is 24.0. The van der Waals surface area contributed by atoms with Gasteiger partial charge in [-0.25, -0.2) is 4.98 Å². The predicted octanol–water partition coefficient (Wildman–Crippen LogP) is 4.74. The number of nitrogens with two attached hydrogens (primary N) is 2. The van der Waals surface area contributed by atoms with E-state index in [1.54, 1.807) is 0 Å². The molecule has 0 aliphatic carbocycles. The van der Waals surface area contributed by atoms with Crippen LogP contribution in [0.2, 0.25) is 0 Å². The number of aromatic nitrogens is 2. The van der Waals surface area contributed by atoms with Crippen LogP contribution in [0.15, 0.2) is 42.5 Å². The number of benzene rings is 3. The van der Waals surface area contributed by atoms with Crippen LogP contribution in [0.5, 0.6) is 5.75 Å². The number of likely N-dealkylation sites (tertiary alicyclic amines) is 1. The summed E-state index contributed by atoms with van der Waals surface area (Å²) < 4.78 is 6.10.